The molecule has 2 bridgehead atoms. The monoisotopic (exact) mass is 335 g/mol. The molecule has 0 radical (unpaired) electrons. The summed E-state index contributed by atoms with van der Waals surface area (Å²) in [5, 5.41) is 6.61. The summed E-state index contributed by atoms with van der Waals surface area (Å²) in [6.07, 6.45) is 4.22. The van der Waals surface area contributed by atoms with Gasteiger partial charge in [0.05, 0.1) is 5.92 Å². The Morgan fingerprint density at radius 3 is 2.44 bits per heavy atom. The Hall–Kier alpha value is -2.20. The van der Waals surface area contributed by atoms with E-state index in [-0.39, 0.29) is 11.8 Å². The largest absolute Gasteiger partial charge is 0.326 e. The molecule has 0 unspecified atom stereocenters. The van der Waals surface area contributed by atoms with Crippen LogP contribution >= 0.6 is 0 Å². The number of anilines is 1. The highest BCUT2D eigenvalue weighted by molar-refractivity contribution is 5.93. The van der Waals surface area contributed by atoms with Crippen LogP contribution in [0.3, 0.4) is 0 Å². The number of hydrogen-bond donors (Lipinski definition) is 2. The van der Waals surface area contributed by atoms with Gasteiger partial charge in [-0.2, -0.15) is 0 Å². The number of nitrogens with one attached hydrogen (secondary N) is 2. The molecule has 4 rings (SSSR count). The summed E-state index contributed by atoms with van der Waals surface area (Å²) < 4.78 is 0. The van der Waals surface area contributed by atoms with Gasteiger partial charge in [0.1, 0.15) is 0 Å². The number of rotatable bonds is 4. The number of carbonyl (C=O) groups is 1. The van der Waals surface area contributed by atoms with Crippen LogP contribution in [0.2, 0.25) is 0 Å². The third-order valence-corrected chi connectivity index (χ3v) is 5.41. The van der Waals surface area contributed by atoms with Crippen LogP contribution in [0.4, 0.5) is 5.69 Å². The predicted octanol–water partition coefficient (Wildman–Crippen LogP) is 3.37. The fourth-order valence-corrected chi connectivity index (χ4v) is 4.31. The average molecular weight is 335 g/mol. The maximum atomic E-state index is 12.5. The molecule has 1 amide bonds. The Labute approximate surface area is 149 Å². The molecule has 25 heavy (non-hydrogen) atoms. The minimum atomic E-state index is 0.126. The Morgan fingerprint density at radius 2 is 1.84 bits per heavy atom. The van der Waals surface area contributed by atoms with E-state index in [0.29, 0.717) is 12.1 Å². The molecular weight excluding hydrogens is 310 g/mol. The van der Waals surface area contributed by atoms with E-state index in [0.717, 1.165) is 36.3 Å². The van der Waals surface area contributed by atoms with E-state index in [1.807, 2.05) is 26.0 Å². The number of aryl methyl sites for hydroxylation is 2. The number of aromatic nitrogens is 1. The van der Waals surface area contributed by atoms with Gasteiger partial charge in [-0.1, -0.05) is 12.1 Å². The van der Waals surface area contributed by atoms with Gasteiger partial charge in [0.15, 0.2) is 0 Å². The van der Waals surface area contributed by atoms with Crippen molar-refractivity contribution in [1.82, 2.24) is 10.3 Å². The van der Waals surface area contributed by atoms with E-state index in [9.17, 15) is 4.79 Å². The summed E-state index contributed by atoms with van der Waals surface area (Å²) in [4.78, 5) is 16.9. The van der Waals surface area contributed by atoms with Gasteiger partial charge in [-0.25, -0.2) is 0 Å². The zero-order valence-corrected chi connectivity index (χ0v) is 14.9. The van der Waals surface area contributed by atoms with Crippen LogP contribution < -0.4 is 10.6 Å². The summed E-state index contributed by atoms with van der Waals surface area (Å²) in [5.74, 6) is 0.286. The van der Waals surface area contributed by atoms with Crippen LogP contribution in [0, 0.1) is 19.8 Å². The van der Waals surface area contributed by atoms with E-state index in [1.165, 1.54) is 17.5 Å². The first-order chi connectivity index (χ1) is 12.1. The van der Waals surface area contributed by atoms with Gasteiger partial charge in [0, 0.05) is 29.2 Å². The lowest BCUT2D eigenvalue weighted by Gasteiger charge is -2.19. The number of hydrogen-bond acceptors (Lipinski definition) is 3. The molecule has 1 aromatic carbocycles. The van der Waals surface area contributed by atoms with Crippen LogP contribution in [-0.4, -0.2) is 23.0 Å². The van der Waals surface area contributed by atoms with Gasteiger partial charge < -0.3 is 10.6 Å². The normalized spacial score (nSPS) is 24.5. The minimum absolute atomic E-state index is 0.126. The fraction of sp³-hybridized carbons (Fsp3) is 0.429. The van der Waals surface area contributed by atoms with E-state index in [1.54, 1.807) is 0 Å². The number of fused-ring (bicyclic) bond motifs is 2. The highest BCUT2D eigenvalue weighted by Gasteiger charge is 2.42. The summed E-state index contributed by atoms with van der Waals surface area (Å²) in [6, 6.07) is 13.4. The topological polar surface area (TPSA) is 54.0 Å². The summed E-state index contributed by atoms with van der Waals surface area (Å²) in [5.41, 5.74) is 5.51. The van der Waals surface area contributed by atoms with E-state index >= 15 is 0 Å². The Bertz CT molecular complexity index is 764. The lowest BCUT2D eigenvalue weighted by atomic mass is 9.88. The first-order valence-electron chi connectivity index (χ1n) is 9.17. The van der Waals surface area contributed by atoms with Crippen molar-refractivity contribution in [2.24, 2.45) is 5.92 Å². The molecule has 2 aromatic rings. The third-order valence-electron chi connectivity index (χ3n) is 5.41. The van der Waals surface area contributed by atoms with Gasteiger partial charge in [-0.3, -0.25) is 9.78 Å². The van der Waals surface area contributed by atoms with Crippen molar-refractivity contribution >= 4 is 11.6 Å². The summed E-state index contributed by atoms with van der Waals surface area (Å²) >= 11 is 0. The van der Waals surface area contributed by atoms with Gasteiger partial charge in [0.25, 0.3) is 0 Å². The Morgan fingerprint density at radius 1 is 1.12 bits per heavy atom. The van der Waals surface area contributed by atoms with Crippen molar-refractivity contribution in [2.45, 2.75) is 51.6 Å². The molecule has 2 aliphatic rings. The molecule has 3 atom stereocenters. The van der Waals surface area contributed by atoms with Gasteiger partial charge in [0.2, 0.25) is 5.91 Å². The van der Waals surface area contributed by atoms with Gasteiger partial charge >= 0.3 is 0 Å². The Balaban J connectivity index is 1.39. The molecule has 1 aromatic heterocycles. The van der Waals surface area contributed by atoms with E-state index < -0.39 is 0 Å². The van der Waals surface area contributed by atoms with Crippen LogP contribution in [0.1, 0.15) is 41.8 Å². The van der Waals surface area contributed by atoms with Crippen LogP contribution in [-0.2, 0) is 11.2 Å². The number of amides is 1. The molecule has 130 valence electrons. The van der Waals surface area contributed by atoms with Crippen molar-refractivity contribution in [2.75, 3.05) is 5.32 Å². The van der Waals surface area contributed by atoms with Gasteiger partial charge in [-0.15, -0.1) is 0 Å². The zero-order valence-electron chi connectivity index (χ0n) is 14.9. The molecule has 2 saturated heterocycles. The number of carbonyl (C=O) groups excluding carboxylic acids is 1. The summed E-state index contributed by atoms with van der Waals surface area (Å²) in [7, 11) is 0. The number of nitrogens with zero attached hydrogens (tertiary/aromatic N) is 1. The van der Waals surface area contributed by atoms with Crippen molar-refractivity contribution in [3.63, 3.8) is 0 Å². The highest BCUT2D eigenvalue weighted by atomic mass is 16.2. The lowest BCUT2D eigenvalue weighted by molar-refractivity contribution is -0.120. The van der Waals surface area contributed by atoms with Crippen molar-refractivity contribution in [3.8, 4) is 0 Å². The molecule has 4 nitrogen and oxygen atoms in total. The van der Waals surface area contributed by atoms with E-state index in [2.05, 4.69) is 39.9 Å². The SMILES string of the molecule is Cc1cc(Cc2ccc(NC(=O)[C@@H]3C[C@H]4CC[C@@H]3N4)cc2)cc(C)n1. The standard InChI is InChI=1S/C21H25N3O/c1-13-9-16(10-14(2)22-13)11-15-3-5-17(6-4-15)24-21(25)19-12-18-7-8-20(19)23-18/h3-6,9-10,18-20,23H,7-8,11-12H2,1-2H3,(H,24,25)/t18-,19-,20+/m1/s1. The lowest BCUT2D eigenvalue weighted by Crippen LogP contribution is -2.32. The van der Waals surface area contributed by atoms with Crippen LogP contribution in [0.15, 0.2) is 36.4 Å². The quantitative estimate of drug-likeness (QED) is 0.901. The first-order valence-corrected chi connectivity index (χ1v) is 9.17. The molecule has 2 fully saturated rings. The summed E-state index contributed by atoms with van der Waals surface area (Å²) in [6.45, 7) is 4.05. The maximum absolute atomic E-state index is 12.5. The van der Waals surface area contributed by atoms with Gasteiger partial charge in [-0.05, 0) is 74.9 Å². The minimum Gasteiger partial charge on any atom is -0.326 e. The molecule has 3 heterocycles. The fourth-order valence-electron chi connectivity index (χ4n) is 4.31. The number of pyridine rings is 1. The first kappa shape index (κ1) is 16.3. The molecule has 0 saturated carbocycles. The highest BCUT2D eigenvalue weighted by Crippen LogP contribution is 2.33. The average Bonchev–Trinajstić information content (AvgIpc) is 3.19. The molecular formula is C21H25N3O. The predicted molar refractivity (Wildman–Crippen MR) is 99.6 cm³/mol. The number of benzene rings is 1. The van der Waals surface area contributed by atoms with Crippen molar-refractivity contribution in [3.05, 3.63) is 58.9 Å². The second-order valence-electron chi connectivity index (χ2n) is 7.51. The van der Waals surface area contributed by atoms with Crippen LogP contribution in [0.25, 0.3) is 0 Å². The molecule has 0 spiro atoms. The smallest absolute Gasteiger partial charge is 0.229 e. The molecule has 0 aliphatic carbocycles. The van der Waals surface area contributed by atoms with Crippen LogP contribution in [0.5, 0.6) is 0 Å². The van der Waals surface area contributed by atoms with Crippen molar-refractivity contribution < 1.29 is 4.79 Å². The second kappa shape index (κ2) is 6.60. The zero-order chi connectivity index (χ0) is 17.4. The third kappa shape index (κ3) is 3.59. The van der Waals surface area contributed by atoms with E-state index in [4.69, 9.17) is 0 Å². The van der Waals surface area contributed by atoms with Crippen molar-refractivity contribution in [1.29, 1.82) is 0 Å². The molecule has 2 N–H and O–H groups in total. The molecule has 4 heteroatoms. The molecule has 2 aliphatic heterocycles. The second-order valence-corrected chi connectivity index (χ2v) is 7.51. The maximum Gasteiger partial charge on any atom is 0.229 e. The Kier molecular flexibility index (Phi) is 4.30.